The van der Waals surface area contributed by atoms with Gasteiger partial charge in [-0.15, -0.1) is 0 Å². The maximum Gasteiger partial charge on any atom is 0.118 e. The van der Waals surface area contributed by atoms with Crippen molar-refractivity contribution in [2.24, 2.45) is 5.92 Å². The van der Waals surface area contributed by atoms with Crippen LogP contribution in [0.2, 0.25) is 0 Å². The van der Waals surface area contributed by atoms with Crippen molar-refractivity contribution in [1.82, 2.24) is 9.88 Å². The number of methoxy groups -OCH3 is 1. The molecule has 144 valence electrons. The molecule has 2 aliphatic rings. The van der Waals surface area contributed by atoms with Gasteiger partial charge in [0.2, 0.25) is 0 Å². The summed E-state index contributed by atoms with van der Waals surface area (Å²) >= 11 is 0. The molecule has 0 radical (unpaired) electrons. The van der Waals surface area contributed by atoms with Crippen LogP contribution in [0.15, 0.2) is 48.8 Å². The third-order valence-electron chi connectivity index (χ3n) is 5.70. The van der Waals surface area contributed by atoms with Crippen molar-refractivity contribution >= 4 is 0 Å². The molecule has 0 amide bonds. The first-order valence-electron chi connectivity index (χ1n) is 9.79. The number of rotatable bonds is 7. The monoisotopic (exact) mass is 368 g/mol. The van der Waals surface area contributed by atoms with Crippen LogP contribution >= 0.6 is 0 Å². The van der Waals surface area contributed by atoms with E-state index in [1.165, 1.54) is 18.4 Å². The topological polar surface area (TPSA) is 43.8 Å². The van der Waals surface area contributed by atoms with Crippen LogP contribution in [0.5, 0.6) is 5.75 Å². The molecule has 4 rings (SSSR count). The van der Waals surface area contributed by atoms with Crippen molar-refractivity contribution in [2.75, 3.05) is 26.9 Å². The molecule has 1 saturated carbocycles. The van der Waals surface area contributed by atoms with Crippen LogP contribution in [0, 0.1) is 5.92 Å². The highest BCUT2D eigenvalue weighted by Gasteiger charge is 2.42. The molecule has 0 spiro atoms. The number of fused-ring (bicyclic) bond motifs is 1. The minimum absolute atomic E-state index is 0.283. The van der Waals surface area contributed by atoms with E-state index in [0.29, 0.717) is 18.6 Å². The molecule has 27 heavy (non-hydrogen) atoms. The predicted molar refractivity (Wildman–Crippen MR) is 104 cm³/mol. The number of pyridine rings is 1. The summed E-state index contributed by atoms with van der Waals surface area (Å²) in [5.41, 5.74) is 2.45. The Bertz CT molecular complexity index is 707. The van der Waals surface area contributed by atoms with E-state index in [0.717, 1.165) is 37.6 Å². The summed E-state index contributed by atoms with van der Waals surface area (Å²) in [4.78, 5) is 6.72. The van der Waals surface area contributed by atoms with Gasteiger partial charge >= 0.3 is 0 Å². The van der Waals surface area contributed by atoms with Gasteiger partial charge in [-0.1, -0.05) is 18.2 Å². The van der Waals surface area contributed by atoms with Crippen molar-refractivity contribution in [3.05, 3.63) is 59.9 Å². The summed E-state index contributed by atoms with van der Waals surface area (Å²) in [7, 11) is 1.70. The summed E-state index contributed by atoms with van der Waals surface area (Å²) < 4.78 is 17.4. The van der Waals surface area contributed by atoms with Crippen molar-refractivity contribution < 1.29 is 14.2 Å². The van der Waals surface area contributed by atoms with Crippen LogP contribution in [-0.4, -0.2) is 48.9 Å². The molecule has 2 fully saturated rings. The van der Waals surface area contributed by atoms with Gasteiger partial charge in [-0.3, -0.25) is 9.88 Å². The lowest BCUT2D eigenvalue weighted by atomic mass is 10.0. The molecule has 2 aromatic rings. The zero-order valence-corrected chi connectivity index (χ0v) is 15.9. The number of ether oxygens (including phenoxy) is 3. The van der Waals surface area contributed by atoms with Gasteiger partial charge in [0.1, 0.15) is 5.75 Å². The SMILES string of the molecule is COc1ccc(CN2CCO[C@@H]3[C@@H](COCc4cccnc4)CC[C@H]32)cc1. The third-order valence-corrected chi connectivity index (χ3v) is 5.70. The Morgan fingerprint density at radius 1 is 1.15 bits per heavy atom. The van der Waals surface area contributed by atoms with Crippen molar-refractivity contribution in [3.63, 3.8) is 0 Å². The number of morpholine rings is 1. The van der Waals surface area contributed by atoms with Gasteiger partial charge in [0.15, 0.2) is 0 Å². The minimum atomic E-state index is 0.283. The van der Waals surface area contributed by atoms with E-state index in [1.54, 1.807) is 13.3 Å². The van der Waals surface area contributed by atoms with Crippen molar-refractivity contribution in [2.45, 2.75) is 38.1 Å². The lowest BCUT2D eigenvalue weighted by Crippen LogP contribution is -2.50. The molecule has 5 heteroatoms. The van der Waals surface area contributed by atoms with Gasteiger partial charge in [-0.25, -0.2) is 0 Å². The largest absolute Gasteiger partial charge is 0.497 e. The fraction of sp³-hybridized carbons (Fsp3) is 0.500. The first-order valence-corrected chi connectivity index (χ1v) is 9.79. The third kappa shape index (κ3) is 4.49. The van der Waals surface area contributed by atoms with Gasteiger partial charge in [0.05, 0.1) is 33.0 Å². The highest BCUT2D eigenvalue weighted by Crippen LogP contribution is 2.35. The first kappa shape index (κ1) is 18.4. The molecule has 0 N–H and O–H groups in total. The summed E-state index contributed by atoms with van der Waals surface area (Å²) in [5.74, 6) is 1.38. The quantitative estimate of drug-likeness (QED) is 0.750. The van der Waals surface area contributed by atoms with Gasteiger partial charge in [-0.05, 0) is 42.2 Å². The summed E-state index contributed by atoms with van der Waals surface area (Å²) in [6, 6.07) is 12.9. The zero-order valence-electron chi connectivity index (χ0n) is 15.9. The minimum Gasteiger partial charge on any atom is -0.497 e. The van der Waals surface area contributed by atoms with Crippen LogP contribution in [-0.2, 0) is 22.6 Å². The van der Waals surface area contributed by atoms with Crippen molar-refractivity contribution in [1.29, 1.82) is 0 Å². The van der Waals surface area contributed by atoms with E-state index in [9.17, 15) is 0 Å². The first-order chi connectivity index (χ1) is 13.3. The Hall–Kier alpha value is -1.95. The Morgan fingerprint density at radius 2 is 2.04 bits per heavy atom. The van der Waals surface area contributed by atoms with Crippen LogP contribution in [0.3, 0.4) is 0 Å². The number of aromatic nitrogens is 1. The molecule has 1 aliphatic carbocycles. The molecular formula is C22H28N2O3. The van der Waals surface area contributed by atoms with E-state index in [2.05, 4.69) is 28.1 Å². The second-order valence-electron chi connectivity index (χ2n) is 7.44. The lowest BCUT2D eigenvalue weighted by Gasteiger charge is -2.39. The average Bonchev–Trinajstić information content (AvgIpc) is 3.14. The van der Waals surface area contributed by atoms with Crippen LogP contribution < -0.4 is 4.74 Å². The summed E-state index contributed by atoms with van der Waals surface area (Å²) in [6.45, 7) is 4.15. The summed E-state index contributed by atoms with van der Waals surface area (Å²) in [5, 5.41) is 0. The Labute approximate surface area is 161 Å². The normalized spacial score (nSPS) is 25.3. The number of benzene rings is 1. The molecule has 0 bridgehead atoms. The summed E-state index contributed by atoms with van der Waals surface area (Å²) in [6.07, 6.45) is 6.29. The number of hydrogen-bond acceptors (Lipinski definition) is 5. The molecular weight excluding hydrogens is 340 g/mol. The zero-order chi connectivity index (χ0) is 18.5. The molecule has 3 atom stereocenters. The fourth-order valence-corrected chi connectivity index (χ4v) is 4.29. The highest BCUT2D eigenvalue weighted by atomic mass is 16.5. The van der Waals surface area contributed by atoms with Gasteiger partial charge in [0.25, 0.3) is 0 Å². The molecule has 1 aromatic heterocycles. The number of hydrogen-bond donors (Lipinski definition) is 0. The van der Waals surface area contributed by atoms with E-state index in [1.807, 2.05) is 24.4 Å². The van der Waals surface area contributed by atoms with E-state index >= 15 is 0 Å². The van der Waals surface area contributed by atoms with E-state index in [-0.39, 0.29) is 6.10 Å². The molecule has 2 heterocycles. The van der Waals surface area contributed by atoms with E-state index in [4.69, 9.17) is 14.2 Å². The van der Waals surface area contributed by atoms with Crippen LogP contribution in [0.1, 0.15) is 24.0 Å². The predicted octanol–water partition coefficient (Wildman–Crippen LogP) is 3.29. The Morgan fingerprint density at radius 3 is 2.81 bits per heavy atom. The lowest BCUT2D eigenvalue weighted by molar-refractivity contribution is -0.0891. The second kappa shape index (κ2) is 8.83. The average molecular weight is 368 g/mol. The highest BCUT2D eigenvalue weighted by molar-refractivity contribution is 5.27. The second-order valence-corrected chi connectivity index (χ2v) is 7.44. The standard InChI is InChI=1S/C22H28N2O3/c1-25-20-7-4-17(5-8-20)14-24-11-12-27-22-19(6-9-21(22)24)16-26-15-18-3-2-10-23-13-18/h2-5,7-8,10,13,19,21-22H,6,9,11-12,14-16H2,1H3/t19-,21-,22-/m1/s1. The van der Waals surface area contributed by atoms with Gasteiger partial charge in [0, 0.05) is 37.4 Å². The fourth-order valence-electron chi connectivity index (χ4n) is 4.29. The smallest absolute Gasteiger partial charge is 0.118 e. The number of nitrogens with zero attached hydrogens (tertiary/aromatic N) is 2. The van der Waals surface area contributed by atoms with Crippen LogP contribution in [0.25, 0.3) is 0 Å². The molecule has 1 saturated heterocycles. The van der Waals surface area contributed by atoms with E-state index < -0.39 is 0 Å². The Balaban J connectivity index is 1.31. The maximum absolute atomic E-state index is 6.17. The van der Waals surface area contributed by atoms with Crippen LogP contribution in [0.4, 0.5) is 0 Å². The molecule has 5 nitrogen and oxygen atoms in total. The molecule has 1 aromatic carbocycles. The van der Waals surface area contributed by atoms with Gasteiger partial charge < -0.3 is 14.2 Å². The molecule has 0 unspecified atom stereocenters. The maximum atomic E-state index is 6.17. The molecule has 1 aliphatic heterocycles. The Kier molecular flexibility index (Phi) is 6.02. The van der Waals surface area contributed by atoms with Crippen molar-refractivity contribution in [3.8, 4) is 5.75 Å². The van der Waals surface area contributed by atoms with Gasteiger partial charge in [-0.2, -0.15) is 0 Å².